The number of amides is 2. The van der Waals surface area contributed by atoms with Crippen LogP contribution in [0.5, 0.6) is 0 Å². The molecule has 1 heterocycles. The lowest BCUT2D eigenvalue weighted by Gasteiger charge is -2.46. The van der Waals surface area contributed by atoms with E-state index >= 15 is 0 Å². The highest BCUT2D eigenvalue weighted by atomic mass is 35.5. The van der Waals surface area contributed by atoms with E-state index in [2.05, 4.69) is 31.4 Å². The molecule has 0 radical (unpaired) electrons. The second-order valence-electron chi connectivity index (χ2n) is 11.2. The van der Waals surface area contributed by atoms with Gasteiger partial charge in [0.1, 0.15) is 11.4 Å². The number of benzene rings is 2. The van der Waals surface area contributed by atoms with Gasteiger partial charge in [-0.25, -0.2) is 21.5 Å². The molecule has 2 amide bonds. The Balaban J connectivity index is 1.64. The third kappa shape index (κ3) is 5.60. The molecule has 9 nitrogen and oxygen atoms in total. The minimum Gasteiger partial charge on any atom is -0.336 e. The maximum atomic E-state index is 14.0. The van der Waals surface area contributed by atoms with Gasteiger partial charge in [-0.3, -0.25) is 9.79 Å². The molecule has 2 aliphatic rings. The van der Waals surface area contributed by atoms with Gasteiger partial charge >= 0.3 is 11.9 Å². The first-order chi connectivity index (χ1) is 17.9. The number of hydrazine groups is 1. The van der Waals surface area contributed by atoms with Gasteiger partial charge in [-0.05, 0) is 73.8 Å². The highest BCUT2D eigenvalue weighted by molar-refractivity contribution is 6.47. The molecule has 1 spiro atoms. The number of hydrogen-bond acceptors (Lipinski definition) is 6. The molecule has 0 saturated heterocycles. The Bertz CT molecular complexity index is 1260. The Hall–Kier alpha value is -3.27. The molecule has 1 saturated carbocycles. The molecule has 1 unspecified atom stereocenters. The Morgan fingerprint density at radius 3 is 2.45 bits per heavy atom. The van der Waals surface area contributed by atoms with E-state index in [4.69, 9.17) is 28.2 Å². The number of carbonyl (C=O) groups is 2. The van der Waals surface area contributed by atoms with Crippen molar-refractivity contribution in [2.45, 2.75) is 65.1 Å². The topological polar surface area (TPSA) is 143 Å². The van der Waals surface area contributed by atoms with E-state index < -0.39 is 5.66 Å². The first kappa shape index (κ1) is 27.8. The number of halogens is 1. The Morgan fingerprint density at radius 2 is 1.87 bits per heavy atom. The minimum atomic E-state index is -0.613. The van der Waals surface area contributed by atoms with Gasteiger partial charge in [0.2, 0.25) is 0 Å². The molecule has 0 aromatic heterocycles. The van der Waals surface area contributed by atoms with E-state index in [1.54, 1.807) is 24.3 Å². The van der Waals surface area contributed by atoms with Crippen LogP contribution in [0.4, 0.5) is 0 Å². The molecular formula is C28H37ClN7O2+. The average Bonchev–Trinajstić information content (AvgIpc) is 3.14. The second kappa shape index (κ2) is 10.8. The molecular weight excluding hydrogens is 502 g/mol. The molecule has 1 aliphatic heterocycles. The van der Waals surface area contributed by atoms with E-state index in [0.29, 0.717) is 22.2 Å². The van der Waals surface area contributed by atoms with Crippen LogP contribution in [0.3, 0.4) is 0 Å². The molecule has 1 fully saturated rings. The SMILES string of the molecule is CC(c1ccc(C(=O)[NH2+]C(N)=NNN)cc1)N1C(=O)C(c2cccc(Cl)c2)=NC12CCC(C(C)(C)C)CC2. The highest BCUT2D eigenvalue weighted by Crippen LogP contribution is 2.49. The van der Waals surface area contributed by atoms with Crippen LogP contribution in [0.25, 0.3) is 0 Å². The van der Waals surface area contributed by atoms with Crippen molar-refractivity contribution in [2.75, 3.05) is 0 Å². The molecule has 0 bridgehead atoms. The van der Waals surface area contributed by atoms with Crippen LogP contribution in [0.15, 0.2) is 58.6 Å². The van der Waals surface area contributed by atoms with Crippen LogP contribution >= 0.6 is 11.6 Å². The van der Waals surface area contributed by atoms with Crippen LogP contribution in [0.1, 0.15) is 80.9 Å². The molecule has 38 heavy (non-hydrogen) atoms. The molecule has 2 aromatic carbocycles. The predicted molar refractivity (Wildman–Crippen MR) is 149 cm³/mol. The van der Waals surface area contributed by atoms with Crippen molar-refractivity contribution in [2.24, 2.45) is 33.0 Å². The normalized spacial score (nSPS) is 22.9. The quantitative estimate of drug-likeness (QED) is 0.200. The summed E-state index contributed by atoms with van der Waals surface area (Å²) in [5, 5.41) is 5.36. The number of quaternary nitrogens is 1. The van der Waals surface area contributed by atoms with E-state index in [1.807, 2.05) is 36.1 Å². The smallest absolute Gasteiger partial charge is 0.336 e. The molecule has 2 aromatic rings. The van der Waals surface area contributed by atoms with Crippen molar-refractivity contribution >= 4 is 35.1 Å². The number of nitrogens with two attached hydrogens (primary N) is 3. The molecule has 1 atom stereocenters. The molecule has 10 heteroatoms. The Labute approximate surface area is 228 Å². The number of carbonyl (C=O) groups excluding carboxylic acids is 2. The standard InChI is InChI=1S/C28H36ClN7O2/c1-17(18-8-10-19(11-9-18)24(37)32-26(30)34-35-31)36-25(38)23(20-6-5-7-22(29)16-20)33-28(36)14-12-21(13-15-28)27(2,3)4/h5-11,16-17,21,35H,12-15,31H2,1-4H3,(H3,30,32,34,37)/p+1. The zero-order chi connectivity index (χ0) is 27.7. The fourth-order valence-corrected chi connectivity index (χ4v) is 5.86. The summed E-state index contributed by atoms with van der Waals surface area (Å²) in [5.41, 5.74) is 9.87. The fourth-order valence-electron chi connectivity index (χ4n) is 5.67. The number of nitrogens with one attached hydrogen (secondary N) is 1. The lowest BCUT2D eigenvalue weighted by Crippen LogP contribution is -2.94. The van der Waals surface area contributed by atoms with Gasteiger partial charge in [0.05, 0.1) is 11.6 Å². The largest absolute Gasteiger partial charge is 0.350 e. The summed E-state index contributed by atoms with van der Waals surface area (Å²) in [7, 11) is 0. The van der Waals surface area contributed by atoms with Gasteiger partial charge in [0.25, 0.3) is 5.91 Å². The molecule has 202 valence electrons. The molecule has 1 aliphatic carbocycles. The van der Waals surface area contributed by atoms with Crippen LogP contribution < -0.4 is 22.4 Å². The number of guanidine groups is 1. The van der Waals surface area contributed by atoms with Crippen LogP contribution in [-0.4, -0.2) is 34.0 Å². The summed E-state index contributed by atoms with van der Waals surface area (Å²) in [6.45, 7) is 8.86. The number of hydrazone groups is 1. The first-order valence-electron chi connectivity index (χ1n) is 12.9. The summed E-state index contributed by atoms with van der Waals surface area (Å²) in [4.78, 5) is 33.6. The van der Waals surface area contributed by atoms with Gasteiger partial charge < -0.3 is 10.6 Å². The Morgan fingerprint density at radius 1 is 1.21 bits per heavy atom. The van der Waals surface area contributed by atoms with Crippen LogP contribution in [0.2, 0.25) is 5.02 Å². The zero-order valence-corrected chi connectivity index (χ0v) is 23.1. The van der Waals surface area contributed by atoms with Gasteiger partial charge in [-0.1, -0.05) is 61.7 Å². The van der Waals surface area contributed by atoms with Crippen molar-refractivity contribution in [3.05, 3.63) is 70.2 Å². The number of primary amides is 1. The number of hydrogen-bond donors (Lipinski definition) is 4. The van der Waals surface area contributed by atoms with Crippen LogP contribution in [-0.2, 0) is 4.79 Å². The lowest BCUT2D eigenvalue weighted by atomic mass is 9.69. The minimum absolute atomic E-state index is 0.0175. The zero-order valence-electron chi connectivity index (χ0n) is 22.4. The van der Waals surface area contributed by atoms with Crippen molar-refractivity contribution in [3.8, 4) is 0 Å². The van der Waals surface area contributed by atoms with Crippen molar-refractivity contribution < 1.29 is 14.9 Å². The number of rotatable bonds is 5. The summed E-state index contributed by atoms with van der Waals surface area (Å²) in [6, 6.07) is 14.3. The monoisotopic (exact) mass is 538 g/mol. The maximum Gasteiger partial charge on any atom is 0.350 e. The predicted octanol–water partition coefficient (Wildman–Crippen LogP) is 3.06. The van der Waals surface area contributed by atoms with Gasteiger partial charge in [-0.15, -0.1) is 0 Å². The lowest BCUT2D eigenvalue weighted by molar-refractivity contribution is -0.432. The van der Waals surface area contributed by atoms with Gasteiger partial charge in [0.15, 0.2) is 0 Å². The summed E-state index contributed by atoms with van der Waals surface area (Å²) < 4.78 is 0. The molecule has 7 N–H and O–H groups in total. The van der Waals surface area contributed by atoms with E-state index in [9.17, 15) is 9.59 Å². The van der Waals surface area contributed by atoms with Crippen molar-refractivity contribution in [3.63, 3.8) is 0 Å². The van der Waals surface area contributed by atoms with E-state index in [0.717, 1.165) is 36.8 Å². The van der Waals surface area contributed by atoms with E-state index in [1.165, 1.54) is 5.32 Å². The Kier molecular flexibility index (Phi) is 7.92. The summed E-state index contributed by atoms with van der Waals surface area (Å²) in [5.74, 6) is 5.28. The second-order valence-corrected chi connectivity index (χ2v) is 11.7. The van der Waals surface area contributed by atoms with Crippen LogP contribution in [0, 0.1) is 11.3 Å². The van der Waals surface area contributed by atoms with Crippen molar-refractivity contribution in [1.82, 2.24) is 10.4 Å². The third-order valence-electron chi connectivity index (χ3n) is 7.84. The third-order valence-corrected chi connectivity index (χ3v) is 8.07. The average molecular weight is 539 g/mol. The first-order valence-corrected chi connectivity index (χ1v) is 13.3. The van der Waals surface area contributed by atoms with Gasteiger partial charge in [0, 0.05) is 10.6 Å². The number of aliphatic imine (C=N–C) groups is 1. The van der Waals surface area contributed by atoms with Gasteiger partial charge in [-0.2, -0.15) is 0 Å². The fraction of sp³-hybridized carbons (Fsp3) is 0.429. The summed E-state index contributed by atoms with van der Waals surface area (Å²) >= 11 is 6.27. The maximum absolute atomic E-state index is 14.0. The van der Waals surface area contributed by atoms with Crippen molar-refractivity contribution in [1.29, 1.82) is 0 Å². The summed E-state index contributed by atoms with van der Waals surface area (Å²) in [6.07, 6.45) is 3.59. The highest BCUT2D eigenvalue weighted by Gasteiger charge is 2.51. The van der Waals surface area contributed by atoms with E-state index in [-0.39, 0.29) is 29.2 Å². The molecule has 4 rings (SSSR count). The number of nitrogens with zero attached hydrogens (tertiary/aromatic N) is 3.